The molecular formula is C74H120N22O19S. The molecule has 0 radical (unpaired) electrons. The number of aliphatic hydroxyl groups excluding tert-OH is 1. The number of aromatic nitrogens is 3. The van der Waals surface area contributed by atoms with Gasteiger partial charge in [-0.05, 0) is 132 Å². The molecule has 0 bridgehead atoms. The summed E-state index contributed by atoms with van der Waals surface area (Å²) in [4.78, 5) is 235. The number of hydrogen-bond acceptors (Lipinski definition) is 22. The number of carboxylic acids is 2. The van der Waals surface area contributed by atoms with E-state index in [2.05, 4.69) is 83.7 Å². The monoisotopic (exact) mass is 1650 g/mol. The lowest BCUT2D eigenvalue weighted by atomic mass is 9.96. The number of H-pyrrole nitrogens is 2. The Kier molecular flexibility index (Phi) is 43.1. The number of carbonyl (C=O) groups excluding carboxylic acids is 14. The third kappa shape index (κ3) is 35.0. The summed E-state index contributed by atoms with van der Waals surface area (Å²) >= 11 is 1.27. The van der Waals surface area contributed by atoms with E-state index >= 15 is 0 Å². The number of aliphatic imine (C=N–C) groups is 1. The lowest BCUT2D eigenvalue weighted by Crippen LogP contribution is -2.64. The van der Waals surface area contributed by atoms with Gasteiger partial charge in [-0.1, -0.05) is 66.2 Å². The largest absolute Gasteiger partial charge is 0.481 e. The summed E-state index contributed by atoms with van der Waals surface area (Å²) < 4.78 is 0. The van der Waals surface area contributed by atoms with Gasteiger partial charge in [-0.15, -0.1) is 0 Å². The maximum absolute atomic E-state index is 14.8. The number of guanidine groups is 1. The third-order valence-electron chi connectivity index (χ3n) is 18.8. The molecule has 0 fully saturated rings. The van der Waals surface area contributed by atoms with Crippen LogP contribution in [0.25, 0.3) is 10.9 Å². The number of imidazole rings is 1. The first kappa shape index (κ1) is 99.2. The molecule has 0 aliphatic rings. The number of carbonyl (C=O) groups is 16. The number of hydrogen-bond donors (Lipinski definition) is 23. The molecule has 14 amide bonds. The van der Waals surface area contributed by atoms with Crippen LogP contribution in [0, 0.1) is 17.8 Å². The SMILES string of the molecule is CC[C@H](C)[C@H](NC(=O)[C@H](CCC(=O)O)NC(=O)C(C)(C)NC(=O)[C@@H](NC(=O)[C@@H](N)CO)C(C)C)C(=O)N[C@@H](CCC(N)=O)C(=O)N[C@@H](CC(C)C)C(=O)N[C@@H](CCSC)C(=O)N[C@@H](Cc1cnc[nH]1)C(=O)N[C@@H](CCC(N)=O)C(=O)N[C@@H](CCCCN=C(N)N)C(=O)N[C@@H](CCCCN)C(=O)N[C@@H](Cc1c[nH]c2ccccc12)C(=O)O. The molecule has 2 heterocycles. The minimum absolute atomic E-state index is 0.0231. The second-order valence-corrected chi connectivity index (χ2v) is 30.6. The Morgan fingerprint density at radius 1 is 0.543 bits per heavy atom. The summed E-state index contributed by atoms with van der Waals surface area (Å²) in [5.74, 6) is -17.8. The molecule has 13 atom stereocenters. The molecule has 1 aromatic carbocycles. The molecule has 0 saturated carbocycles. The highest BCUT2D eigenvalue weighted by Gasteiger charge is 2.41. The fourth-order valence-electron chi connectivity index (χ4n) is 11.9. The Labute approximate surface area is 676 Å². The van der Waals surface area contributed by atoms with Gasteiger partial charge in [0.2, 0.25) is 82.7 Å². The average molecular weight is 1650 g/mol. The number of amides is 14. The zero-order valence-corrected chi connectivity index (χ0v) is 68.0. The van der Waals surface area contributed by atoms with Crippen LogP contribution in [0.3, 0.4) is 0 Å². The fraction of sp³-hybridized carbons (Fsp3) is 0.622. The maximum atomic E-state index is 14.8. The summed E-state index contributed by atoms with van der Waals surface area (Å²) in [7, 11) is 0. The number of aliphatic hydroxyl groups is 1. The number of nitrogens with one attached hydrogen (secondary N) is 14. The molecule has 0 unspecified atom stereocenters. The van der Waals surface area contributed by atoms with E-state index in [0.717, 1.165) is 10.9 Å². The Balaban J connectivity index is 1.99. The van der Waals surface area contributed by atoms with Crippen LogP contribution >= 0.6 is 11.8 Å². The Morgan fingerprint density at radius 2 is 1.02 bits per heavy atom. The van der Waals surface area contributed by atoms with Gasteiger partial charge < -0.3 is 123 Å². The van der Waals surface area contributed by atoms with E-state index in [-0.39, 0.29) is 94.2 Å². The van der Waals surface area contributed by atoms with E-state index in [4.69, 9.17) is 34.4 Å². The summed E-state index contributed by atoms with van der Waals surface area (Å²) in [6.07, 6.45) is 3.26. The van der Waals surface area contributed by atoms with Gasteiger partial charge in [-0.25, -0.2) is 9.78 Å². The van der Waals surface area contributed by atoms with Crippen molar-refractivity contribution >= 4 is 123 Å². The number of nitrogens with zero attached hydrogens (tertiary/aromatic N) is 2. The van der Waals surface area contributed by atoms with Gasteiger partial charge in [0.15, 0.2) is 5.96 Å². The Morgan fingerprint density at radius 3 is 1.51 bits per heavy atom. The number of thioether (sulfide) groups is 1. The quantitative estimate of drug-likeness (QED) is 0.0145. The number of unbranched alkanes of at least 4 members (excludes halogenated alkanes) is 2. The minimum Gasteiger partial charge on any atom is -0.481 e. The molecule has 42 heteroatoms. The van der Waals surface area contributed by atoms with Crippen molar-refractivity contribution in [3.63, 3.8) is 0 Å². The topological polar surface area (TPSA) is 691 Å². The van der Waals surface area contributed by atoms with E-state index in [1.54, 1.807) is 78.3 Å². The van der Waals surface area contributed by atoms with Crippen molar-refractivity contribution in [1.29, 1.82) is 0 Å². The summed E-state index contributed by atoms with van der Waals surface area (Å²) in [5.41, 5.74) is 33.4. The van der Waals surface area contributed by atoms with Gasteiger partial charge in [-0.3, -0.25) is 76.9 Å². The first-order valence-corrected chi connectivity index (χ1v) is 39.9. The molecule has 646 valence electrons. The van der Waals surface area contributed by atoms with Crippen molar-refractivity contribution in [3.05, 3.63) is 54.2 Å². The predicted octanol–water partition coefficient (Wildman–Crippen LogP) is -4.22. The van der Waals surface area contributed by atoms with Crippen LogP contribution < -0.4 is 98.2 Å². The van der Waals surface area contributed by atoms with Gasteiger partial charge in [-0.2, -0.15) is 11.8 Å². The van der Waals surface area contributed by atoms with Crippen LogP contribution in [0.2, 0.25) is 0 Å². The number of aromatic amines is 2. The Hall–Kier alpha value is -11.0. The van der Waals surface area contributed by atoms with Crippen LogP contribution in [-0.2, 0) is 89.6 Å². The first-order chi connectivity index (χ1) is 54.7. The van der Waals surface area contributed by atoms with E-state index in [9.17, 15) is 92.0 Å². The van der Waals surface area contributed by atoms with Crippen molar-refractivity contribution in [2.24, 2.45) is 57.1 Å². The third-order valence-corrected chi connectivity index (χ3v) is 19.4. The van der Waals surface area contributed by atoms with E-state index in [1.807, 2.05) is 0 Å². The minimum atomic E-state index is -1.86. The number of carboxylic acid groups (broad SMARTS) is 2. The number of para-hydroxylation sites is 1. The van der Waals surface area contributed by atoms with Crippen LogP contribution in [0.1, 0.15) is 163 Å². The van der Waals surface area contributed by atoms with Gasteiger partial charge in [0.05, 0.1) is 12.9 Å². The van der Waals surface area contributed by atoms with Gasteiger partial charge >= 0.3 is 11.9 Å². The standard InChI is InChI=1S/C74H120N22O19S/c1-10-40(6)59(95-66(108)50(23-26-57(100)101)93-72(115)74(7,8)96-70(112)58(39(4)5)94-60(102)44(76)36-97)69(111)89-49(22-25-56(78)99)64(106)90-52(31-38(2)3)67(109)88-51(27-30-116-9)65(107)91-53(33-42-35-81-37-84-42)68(110)87-48(21-24-55(77)98)63(105)86-47(20-14-16-29-82-73(79)80)61(103)85-46(19-13-15-28-75)62(104)92-54(71(113)114)32-41-34-83-45-18-12-11-17-43(41)45/h11-12,17-18,34-35,37-40,44,46-54,58-59,83,97H,10,13-16,19-33,36,75-76H2,1-9H3,(H2,77,98)(H2,78,99)(H,81,84)(H,85,103)(H,86,105)(H,87,110)(H,88,109)(H,89,111)(H,90,106)(H,91,107)(H,92,104)(H,93,115)(H,94,102)(H,95,108)(H,96,112)(H,100,101)(H,113,114)(H4,79,80,82)/t40-,44-,46-,47-,48-,49-,50-,51-,52-,53-,54-,58-,59-/m0/s1. The number of nitrogens with two attached hydrogens (primary N) is 6. The highest BCUT2D eigenvalue weighted by molar-refractivity contribution is 7.98. The molecule has 41 nitrogen and oxygen atoms in total. The second kappa shape index (κ2) is 50.4. The van der Waals surface area contributed by atoms with Crippen molar-refractivity contribution < 1.29 is 92.0 Å². The number of primary amides is 2. The predicted molar refractivity (Wildman–Crippen MR) is 428 cm³/mol. The molecular weight excluding hydrogens is 1530 g/mol. The van der Waals surface area contributed by atoms with E-state index in [1.165, 1.54) is 38.1 Å². The zero-order chi connectivity index (χ0) is 87.1. The van der Waals surface area contributed by atoms with Crippen LogP contribution in [0.5, 0.6) is 0 Å². The summed E-state index contributed by atoms with van der Waals surface area (Å²) in [5, 5.41) is 60.9. The van der Waals surface area contributed by atoms with Gasteiger partial charge in [0.1, 0.15) is 78.0 Å². The van der Waals surface area contributed by atoms with Crippen LogP contribution in [0.15, 0.2) is 48.0 Å². The molecule has 116 heavy (non-hydrogen) atoms. The van der Waals surface area contributed by atoms with Crippen molar-refractivity contribution in [1.82, 2.24) is 78.8 Å². The highest BCUT2D eigenvalue weighted by atomic mass is 32.2. The molecule has 0 aliphatic carbocycles. The lowest BCUT2D eigenvalue weighted by molar-refractivity contribution is -0.142. The number of fused-ring (bicyclic) bond motifs is 1. The zero-order valence-electron chi connectivity index (χ0n) is 67.2. The van der Waals surface area contributed by atoms with Crippen LogP contribution in [0.4, 0.5) is 0 Å². The van der Waals surface area contributed by atoms with Crippen molar-refractivity contribution in [2.75, 3.05) is 31.7 Å². The summed E-state index contributed by atoms with van der Waals surface area (Å²) in [6.45, 7) is 11.9. The average Bonchev–Trinajstić information content (AvgIpc) is 1.58. The summed E-state index contributed by atoms with van der Waals surface area (Å²) in [6, 6.07) is -11.0. The van der Waals surface area contributed by atoms with E-state index < -0.39 is 230 Å². The Bertz CT molecular complexity index is 3840. The number of benzene rings is 1. The number of aliphatic carboxylic acids is 2. The lowest BCUT2D eigenvalue weighted by Gasteiger charge is -2.32. The molecule has 0 aliphatic heterocycles. The normalized spacial score (nSPS) is 14.7. The molecule has 3 aromatic rings. The highest BCUT2D eigenvalue weighted by Crippen LogP contribution is 2.21. The van der Waals surface area contributed by atoms with Gasteiger partial charge in [0.25, 0.3) is 0 Å². The second-order valence-electron chi connectivity index (χ2n) is 29.6. The van der Waals surface area contributed by atoms with Gasteiger partial charge in [0, 0.05) is 67.6 Å². The number of rotatable bonds is 56. The molecule has 0 saturated heterocycles. The van der Waals surface area contributed by atoms with Crippen molar-refractivity contribution in [3.8, 4) is 0 Å². The van der Waals surface area contributed by atoms with Crippen molar-refractivity contribution in [2.45, 2.75) is 243 Å². The van der Waals surface area contributed by atoms with E-state index in [0.29, 0.717) is 18.4 Å². The molecule has 29 N–H and O–H groups in total. The molecule has 3 rings (SSSR count). The smallest absolute Gasteiger partial charge is 0.326 e. The molecule has 0 spiro atoms. The fourth-order valence-corrected chi connectivity index (χ4v) is 12.4. The maximum Gasteiger partial charge on any atom is 0.326 e. The van der Waals surface area contributed by atoms with Crippen LogP contribution in [-0.4, -0.2) is 241 Å². The molecule has 2 aromatic heterocycles. The first-order valence-electron chi connectivity index (χ1n) is 38.5.